The van der Waals surface area contributed by atoms with E-state index in [1.165, 1.54) is 23.1 Å². The molecule has 0 saturated heterocycles. The zero-order chi connectivity index (χ0) is 23.2. The van der Waals surface area contributed by atoms with Gasteiger partial charge >= 0.3 is 0 Å². The maximum Gasteiger partial charge on any atom is 0.270 e. The SMILES string of the molecule is CC(C)CCNC(=O)c1csc(CSc2nnc(-c3cccnc3)n2-c2cccc(Cl)c2)n1. The summed E-state index contributed by atoms with van der Waals surface area (Å²) < 4.78 is 1.96. The molecule has 0 aliphatic heterocycles. The molecule has 0 radical (unpaired) electrons. The molecule has 0 saturated carbocycles. The molecule has 1 aromatic carbocycles. The van der Waals surface area contributed by atoms with Crippen LogP contribution in [-0.2, 0) is 5.75 Å². The van der Waals surface area contributed by atoms with E-state index in [0.717, 1.165) is 22.7 Å². The number of carbonyl (C=O) groups is 1. The van der Waals surface area contributed by atoms with Crippen molar-refractivity contribution in [1.82, 2.24) is 30.0 Å². The molecule has 4 rings (SSSR count). The fourth-order valence-corrected chi connectivity index (χ4v) is 4.99. The number of hydrogen-bond donors (Lipinski definition) is 1. The Morgan fingerprint density at radius 3 is 2.88 bits per heavy atom. The van der Waals surface area contributed by atoms with Gasteiger partial charge in [0, 0.05) is 34.9 Å². The van der Waals surface area contributed by atoms with Crippen LogP contribution in [0.4, 0.5) is 0 Å². The first-order valence-corrected chi connectivity index (χ1v) is 12.7. The maximum atomic E-state index is 12.3. The third kappa shape index (κ3) is 5.98. The molecule has 170 valence electrons. The Balaban J connectivity index is 1.53. The number of nitrogens with one attached hydrogen (secondary N) is 1. The molecule has 0 bridgehead atoms. The average Bonchev–Trinajstić information content (AvgIpc) is 3.45. The molecule has 0 aliphatic carbocycles. The van der Waals surface area contributed by atoms with Gasteiger partial charge in [-0.2, -0.15) is 0 Å². The van der Waals surface area contributed by atoms with Gasteiger partial charge in [-0.3, -0.25) is 14.3 Å². The smallest absolute Gasteiger partial charge is 0.270 e. The molecule has 1 amide bonds. The molecule has 3 aromatic heterocycles. The number of pyridine rings is 1. The first kappa shape index (κ1) is 23.4. The molecular formula is C23H23ClN6OS2. The van der Waals surface area contributed by atoms with Gasteiger partial charge in [0.25, 0.3) is 5.91 Å². The van der Waals surface area contributed by atoms with Gasteiger partial charge in [0.2, 0.25) is 0 Å². The Morgan fingerprint density at radius 2 is 2.12 bits per heavy atom. The second-order valence-corrected chi connectivity index (χ2v) is 10.0. The highest BCUT2D eigenvalue weighted by atomic mass is 35.5. The van der Waals surface area contributed by atoms with Crippen LogP contribution in [0.1, 0.15) is 35.8 Å². The lowest BCUT2D eigenvalue weighted by Gasteiger charge is -2.10. The van der Waals surface area contributed by atoms with Crippen LogP contribution in [0.2, 0.25) is 5.02 Å². The van der Waals surface area contributed by atoms with Gasteiger partial charge < -0.3 is 5.32 Å². The number of aromatic nitrogens is 5. The molecule has 1 N–H and O–H groups in total. The van der Waals surface area contributed by atoms with E-state index in [9.17, 15) is 4.79 Å². The summed E-state index contributed by atoms with van der Waals surface area (Å²) in [5.74, 6) is 1.65. The Bertz CT molecular complexity index is 1220. The van der Waals surface area contributed by atoms with E-state index in [-0.39, 0.29) is 5.91 Å². The largest absolute Gasteiger partial charge is 0.351 e. The Hall–Kier alpha value is -2.75. The van der Waals surface area contributed by atoms with E-state index in [4.69, 9.17) is 11.6 Å². The zero-order valence-electron chi connectivity index (χ0n) is 18.2. The topological polar surface area (TPSA) is 85.6 Å². The van der Waals surface area contributed by atoms with Crippen LogP contribution in [0, 0.1) is 5.92 Å². The van der Waals surface area contributed by atoms with Crippen LogP contribution >= 0.6 is 34.7 Å². The molecule has 33 heavy (non-hydrogen) atoms. The summed E-state index contributed by atoms with van der Waals surface area (Å²) in [7, 11) is 0. The van der Waals surface area contributed by atoms with Crippen LogP contribution in [0.15, 0.2) is 59.3 Å². The Kier molecular flexibility index (Phi) is 7.74. The predicted octanol–water partition coefficient (Wildman–Crippen LogP) is 5.51. The van der Waals surface area contributed by atoms with Crippen LogP contribution in [0.3, 0.4) is 0 Å². The number of amides is 1. The number of thiazole rings is 1. The van der Waals surface area contributed by atoms with Crippen molar-refractivity contribution in [2.75, 3.05) is 6.54 Å². The lowest BCUT2D eigenvalue weighted by atomic mass is 10.1. The zero-order valence-corrected chi connectivity index (χ0v) is 20.6. The van der Waals surface area contributed by atoms with Gasteiger partial charge in [0.05, 0.1) is 11.4 Å². The van der Waals surface area contributed by atoms with E-state index in [0.29, 0.717) is 39.9 Å². The van der Waals surface area contributed by atoms with Crippen molar-refractivity contribution >= 4 is 40.6 Å². The van der Waals surface area contributed by atoms with E-state index in [1.54, 1.807) is 17.8 Å². The van der Waals surface area contributed by atoms with E-state index in [2.05, 4.69) is 39.3 Å². The highest BCUT2D eigenvalue weighted by molar-refractivity contribution is 7.98. The highest BCUT2D eigenvalue weighted by Crippen LogP contribution is 2.31. The van der Waals surface area contributed by atoms with Crippen molar-refractivity contribution in [3.05, 3.63) is 69.9 Å². The van der Waals surface area contributed by atoms with Crippen molar-refractivity contribution in [1.29, 1.82) is 0 Å². The molecule has 0 fully saturated rings. The van der Waals surface area contributed by atoms with Crippen molar-refractivity contribution in [3.8, 4) is 17.1 Å². The number of thioether (sulfide) groups is 1. The minimum atomic E-state index is -0.135. The van der Waals surface area contributed by atoms with Crippen LogP contribution in [0.5, 0.6) is 0 Å². The monoisotopic (exact) mass is 498 g/mol. The van der Waals surface area contributed by atoms with Crippen molar-refractivity contribution in [2.24, 2.45) is 5.92 Å². The molecular weight excluding hydrogens is 476 g/mol. The molecule has 0 spiro atoms. The van der Waals surface area contributed by atoms with E-state index in [1.807, 2.05) is 41.0 Å². The summed E-state index contributed by atoms with van der Waals surface area (Å²) in [5, 5.41) is 15.7. The molecule has 0 atom stereocenters. The third-order valence-electron chi connectivity index (χ3n) is 4.74. The molecule has 7 nitrogen and oxygen atoms in total. The number of rotatable bonds is 9. The van der Waals surface area contributed by atoms with Crippen molar-refractivity contribution in [2.45, 2.75) is 31.2 Å². The van der Waals surface area contributed by atoms with Crippen LogP contribution in [0.25, 0.3) is 17.1 Å². The summed E-state index contributed by atoms with van der Waals surface area (Å²) in [5.41, 5.74) is 2.16. The second kappa shape index (κ2) is 10.9. The minimum absolute atomic E-state index is 0.135. The molecule has 3 heterocycles. The average molecular weight is 499 g/mol. The lowest BCUT2D eigenvalue weighted by molar-refractivity contribution is 0.0947. The molecule has 0 unspecified atom stereocenters. The summed E-state index contributed by atoms with van der Waals surface area (Å²) in [6, 6.07) is 11.4. The number of benzene rings is 1. The quantitative estimate of drug-likeness (QED) is 0.306. The van der Waals surface area contributed by atoms with Crippen molar-refractivity contribution < 1.29 is 4.79 Å². The maximum absolute atomic E-state index is 12.3. The first-order valence-electron chi connectivity index (χ1n) is 10.5. The third-order valence-corrected chi connectivity index (χ3v) is 6.94. The lowest BCUT2D eigenvalue weighted by Crippen LogP contribution is -2.25. The fraction of sp³-hybridized carbons (Fsp3) is 0.261. The summed E-state index contributed by atoms with van der Waals surface area (Å²) in [4.78, 5) is 21.0. The van der Waals surface area contributed by atoms with Gasteiger partial charge in [-0.1, -0.05) is 43.3 Å². The minimum Gasteiger partial charge on any atom is -0.351 e. The van der Waals surface area contributed by atoms with E-state index >= 15 is 0 Å². The van der Waals surface area contributed by atoms with Gasteiger partial charge in [0.1, 0.15) is 10.7 Å². The van der Waals surface area contributed by atoms with Gasteiger partial charge in [0.15, 0.2) is 11.0 Å². The molecule has 0 aliphatic rings. The molecule has 10 heteroatoms. The Labute approximate surface area is 205 Å². The van der Waals surface area contributed by atoms with Crippen LogP contribution in [-0.4, -0.2) is 37.2 Å². The highest BCUT2D eigenvalue weighted by Gasteiger charge is 2.18. The van der Waals surface area contributed by atoms with Gasteiger partial charge in [-0.15, -0.1) is 21.5 Å². The number of halogens is 1. The summed E-state index contributed by atoms with van der Waals surface area (Å²) >= 11 is 9.22. The number of carbonyl (C=O) groups excluding carboxylic acids is 1. The normalized spacial score (nSPS) is 11.2. The van der Waals surface area contributed by atoms with Gasteiger partial charge in [-0.05, 0) is 42.7 Å². The standard InChI is InChI=1S/C23H23ClN6OS2/c1-15(2)8-10-26-22(31)19-13-32-20(27-19)14-33-23-29-28-21(16-5-4-9-25-12-16)30(23)18-7-3-6-17(24)11-18/h3-7,9,11-13,15H,8,10,14H2,1-2H3,(H,26,31). The predicted molar refractivity (Wildman–Crippen MR) is 133 cm³/mol. The summed E-state index contributed by atoms with van der Waals surface area (Å²) in [6.07, 6.45) is 4.42. The number of hydrogen-bond acceptors (Lipinski definition) is 7. The van der Waals surface area contributed by atoms with Gasteiger partial charge in [-0.25, -0.2) is 4.98 Å². The van der Waals surface area contributed by atoms with Crippen LogP contribution < -0.4 is 5.32 Å². The van der Waals surface area contributed by atoms with E-state index < -0.39 is 0 Å². The molecule has 4 aromatic rings. The second-order valence-electron chi connectivity index (χ2n) is 7.72. The fourth-order valence-electron chi connectivity index (χ4n) is 3.07. The number of nitrogens with zero attached hydrogens (tertiary/aromatic N) is 5. The first-order chi connectivity index (χ1) is 16.0. The van der Waals surface area contributed by atoms with Crippen molar-refractivity contribution in [3.63, 3.8) is 0 Å². The Morgan fingerprint density at radius 1 is 1.24 bits per heavy atom. The summed E-state index contributed by atoms with van der Waals surface area (Å²) in [6.45, 7) is 4.91.